The number of benzene rings is 2. The lowest BCUT2D eigenvalue weighted by Gasteiger charge is -2.28. The first-order chi connectivity index (χ1) is 15.3. The van der Waals surface area contributed by atoms with Crippen molar-refractivity contribution in [2.45, 2.75) is 32.1 Å². The Kier molecular flexibility index (Phi) is 6.23. The van der Waals surface area contributed by atoms with E-state index in [2.05, 4.69) is 58.0 Å². The first kappa shape index (κ1) is 20.5. The molecule has 4 nitrogen and oxygen atoms in total. The van der Waals surface area contributed by atoms with Crippen LogP contribution in [0.2, 0.25) is 0 Å². The third-order valence-corrected chi connectivity index (χ3v) is 7.79. The molecule has 3 heterocycles. The Morgan fingerprint density at radius 2 is 1.71 bits per heavy atom. The SMILES string of the molecule is O=C(NCC1CCNCC1)c1cc2cc(-c3ccc(N4CCCCC4)cc3)ccc2s1. The van der Waals surface area contributed by atoms with Gasteiger partial charge in [0.15, 0.2) is 0 Å². The fourth-order valence-corrected chi connectivity index (χ4v) is 5.72. The molecule has 0 aliphatic carbocycles. The maximum Gasteiger partial charge on any atom is 0.261 e. The molecule has 1 aromatic heterocycles. The second kappa shape index (κ2) is 9.41. The van der Waals surface area contributed by atoms with Crippen molar-refractivity contribution in [3.63, 3.8) is 0 Å². The average molecular weight is 434 g/mol. The number of hydrogen-bond donors (Lipinski definition) is 2. The molecule has 0 saturated carbocycles. The van der Waals surface area contributed by atoms with Crippen LogP contribution in [0.4, 0.5) is 5.69 Å². The monoisotopic (exact) mass is 433 g/mol. The van der Waals surface area contributed by atoms with Crippen molar-refractivity contribution in [2.75, 3.05) is 37.6 Å². The van der Waals surface area contributed by atoms with Gasteiger partial charge in [-0.1, -0.05) is 18.2 Å². The molecule has 2 aliphatic rings. The summed E-state index contributed by atoms with van der Waals surface area (Å²) in [5.41, 5.74) is 3.76. The number of fused-ring (bicyclic) bond motifs is 1. The highest BCUT2D eigenvalue weighted by atomic mass is 32.1. The molecule has 2 aromatic carbocycles. The van der Waals surface area contributed by atoms with Crippen molar-refractivity contribution in [3.8, 4) is 11.1 Å². The van der Waals surface area contributed by atoms with E-state index in [0.717, 1.165) is 42.7 Å². The zero-order valence-corrected chi connectivity index (χ0v) is 18.8. The summed E-state index contributed by atoms with van der Waals surface area (Å²) in [6, 6.07) is 17.5. The van der Waals surface area contributed by atoms with Crippen molar-refractivity contribution in [3.05, 3.63) is 53.4 Å². The van der Waals surface area contributed by atoms with E-state index in [-0.39, 0.29) is 5.91 Å². The molecule has 0 radical (unpaired) electrons. The van der Waals surface area contributed by atoms with E-state index in [1.807, 2.05) is 6.07 Å². The number of nitrogens with one attached hydrogen (secondary N) is 2. The third kappa shape index (κ3) is 4.78. The normalized spacial score (nSPS) is 17.7. The van der Waals surface area contributed by atoms with Crippen LogP contribution in [0.3, 0.4) is 0 Å². The number of carbonyl (C=O) groups excluding carboxylic acids is 1. The summed E-state index contributed by atoms with van der Waals surface area (Å²) in [6.45, 7) is 5.24. The number of amides is 1. The number of piperidine rings is 2. The van der Waals surface area contributed by atoms with Crippen LogP contribution in [0, 0.1) is 5.92 Å². The molecule has 0 atom stereocenters. The summed E-state index contributed by atoms with van der Waals surface area (Å²) in [4.78, 5) is 16.0. The van der Waals surface area contributed by atoms with Gasteiger partial charge in [0.2, 0.25) is 0 Å². The van der Waals surface area contributed by atoms with Gasteiger partial charge < -0.3 is 15.5 Å². The van der Waals surface area contributed by atoms with Crippen LogP contribution >= 0.6 is 11.3 Å². The van der Waals surface area contributed by atoms with Gasteiger partial charge in [0.05, 0.1) is 4.88 Å². The van der Waals surface area contributed by atoms with Gasteiger partial charge in [0.1, 0.15) is 0 Å². The van der Waals surface area contributed by atoms with E-state index < -0.39 is 0 Å². The lowest BCUT2D eigenvalue weighted by Crippen LogP contribution is -2.35. The van der Waals surface area contributed by atoms with Gasteiger partial charge in [-0.15, -0.1) is 11.3 Å². The molecule has 2 aliphatic heterocycles. The van der Waals surface area contributed by atoms with Gasteiger partial charge in [0, 0.05) is 30.0 Å². The third-order valence-electron chi connectivity index (χ3n) is 6.67. The molecule has 2 saturated heterocycles. The van der Waals surface area contributed by atoms with Crippen LogP contribution in [-0.4, -0.2) is 38.6 Å². The van der Waals surface area contributed by atoms with Crippen LogP contribution < -0.4 is 15.5 Å². The van der Waals surface area contributed by atoms with Gasteiger partial charge in [-0.3, -0.25) is 4.79 Å². The smallest absolute Gasteiger partial charge is 0.261 e. The first-order valence-electron chi connectivity index (χ1n) is 11.6. The molecule has 3 aromatic rings. The first-order valence-corrected chi connectivity index (χ1v) is 12.5. The Balaban J connectivity index is 1.28. The minimum Gasteiger partial charge on any atom is -0.372 e. The van der Waals surface area contributed by atoms with Gasteiger partial charge in [-0.2, -0.15) is 0 Å². The molecule has 31 heavy (non-hydrogen) atoms. The molecule has 0 spiro atoms. The zero-order chi connectivity index (χ0) is 21.0. The predicted octanol–water partition coefficient (Wildman–Crippen LogP) is 5.29. The molecule has 5 heteroatoms. The maximum absolute atomic E-state index is 12.7. The summed E-state index contributed by atoms with van der Waals surface area (Å²) in [6.07, 6.45) is 6.24. The highest BCUT2D eigenvalue weighted by Gasteiger charge is 2.16. The molecule has 0 bridgehead atoms. The number of rotatable bonds is 5. The van der Waals surface area contributed by atoms with E-state index >= 15 is 0 Å². The Bertz CT molecular complexity index is 1030. The van der Waals surface area contributed by atoms with Crippen LogP contribution in [0.5, 0.6) is 0 Å². The fourth-order valence-electron chi connectivity index (χ4n) is 4.76. The van der Waals surface area contributed by atoms with E-state index in [1.165, 1.54) is 53.9 Å². The zero-order valence-electron chi connectivity index (χ0n) is 18.0. The maximum atomic E-state index is 12.7. The lowest BCUT2D eigenvalue weighted by atomic mass is 9.98. The molecule has 162 valence electrons. The molecule has 0 unspecified atom stereocenters. The lowest BCUT2D eigenvalue weighted by molar-refractivity contribution is 0.0948. The average Bonchev–Trinajstić information content (AvgIpc) is 3.27. The Morgan fingerprint density at radius 1 is 0.968 bits per heavy atom. The van der Waals surface area contributed by atoms with Gasteiger partial charge >= 0.3 is 0 Å². The quantitative estimate of drug-likeness (QED) is 0.575. The summed E-state index contributed by atoms with van der Waals surface area (Å²) < 4.78 is 1.17. The topological polar surface area (TPSA) is 44.4 Å². The number of nitrogens with zero attached hydrogens (tertiary/aromatic N) is 1. The molecular formula is C26H31N3OS. The highest BCUT2D eigenvalue weighted by molar-refractivity contribution is 7.20. The summed E-state index contributed by atoms with van der Waals surface area (Å²) in [5, 5.41) is 7.68. The van der Waals surface area contributed by atoms with E-state index in [0.29, 0.717) is 5.92 Å². The fraction of sp³-hybridized carbons (Fsp3) is 0.423. The Labute approximate surface area is 188 Å². The van der Waals surface area contributed by atoms with E-state index in [1.54, 1.807) is 11.3 Å². The number of thiophene rings is 1. The second-order valence-electron chi connectivity index (χ2n) is 8.86. The van der Waals surface area contributed by atoms with Crippen molar-refractivity contribution >= 4 is 33.0 Å². The Morgan fingerprint density at radius 3 is 2.48 bits per heavy atom. The van der Waals surface area contributed by atoms with Crippen molar-refractivity contribution in [2.24, 2.45) is 5.92 Å². The van der Waals surface area contributed by atoms with Crippen molar-refractivity contribution < 1.29 is 4.79 Å². The number of hydrogen-bond acceptors (Lipinski definition) is 4. The summed E-state index contributed by atoms with van der Waals surface area (Å²) in [7, 11) is 0. The Hall–Kier alpha value is -2.37. The van der Waals surface area contributed by atoms with Gasteiger partial charge in [0.25, 0.3) is 5.91 Å². The summed E-state index contributed by atoms with van der Waals surface area (Å²) in [5.74, 6) is 0.659. The number of anilines is 1. The highest BCUT2D eigenvalue weighted by Crippen LogP contribution is 2.31. The van der Waals surface area contributed by atoms with Crippen molar-refractivity contribution in [1.29, 1.82) is 0 Å². The van der Waals surface area contributed by atoms with Crippen LogP contribution in [-0.2, 0) is 0 Å². The number of carbonyl (C=O) groups is 1. The molecule has 2 N–H and O–H groups in total. The minimum atomic E-state index is 0.0622. The molecule has 2 fully saturated rings. The minimum absolute atomic E-state index is 0.0622. The van der Waals surface area contributed by atoms with Crippen LogP contribution in [0.15, 0.2) is 48.5 Å². The van der Waals surface area contributed by atoms with E-state index in [4.69, 9.17) is 0 Å². The second-order valence-corrected chi connectivity index (χ2v) is 9.95. The largest absolute Gasteiger partial charge is 0.372 e. The van der Waals surface area contributed by atoms with Gasteiger partial charge in [-0.05, 0) is 98.0 Å². The molecular weight excluding hydrogens is 402 g/mol. The van der Waals surface area contributed by atoms with Crippen LogP contribution in [0.25, 0.3) is 21.2 Å². The van der Waals surface area contributed by atoms with Gasteiger partial charge in [-0.25, -0.2) is 0 Å². The summed E-state index contributed by atoms with van der Waals surface area (Å²) >= 11 is 1.59. The predicted molar refractivity (Wildman–Crippen MR) is 131 cm³/mol. The van der Waals surface area contributed by atoms with Crippen molar-refractivity contribution in [1.82, 2.24) is 10.6 Å². The molecule has 5 rings (SSSR count). The van der Waals surface area contributed by atoms with E-state index in [9.17, 15) is 4.79 Å². The standard InChI is InChI=1S/C26H31N3OS/c30-26(28-18-19-10-12-27-13-11-19)25-17-22-16-21(6-9-24(22)31-25)20-4-7-23(8-5-20)29-14-2-1-3-15-29/h4-9,16-17,19,27H,1-3,10-15,18H2,(H,28,30). The van der Waals surface area contributed by atoms with Crippen LogP contribution in [0.1, 0.15) is 41.8 Å². The molecule has 1 amide bonds.